The molecule has 0 heterocycles. The lowest BCUT2D eigenvalue weighted by molar-refractivity contribution is -0.105. The Bertz CT molecular complexity index is 202. The lowest BCUT2D eigenvalue weighted by atomic mass is 10.2. The van der Waals surface area contributed by atoms with Crippen molar-refractivity contribution in [2.75, 3.05) is 6.54 Å². The minimum absolute atomic E-state index is 0.0130. The van der Waals surface area contributed by atoms with Crippen LogP contribution in [0, 0.1) is 0 Å². The highest BCUT2D eigenvalue weighted by Gasteiger charge is 1.98. The van der Waals surface area contributed by atoms with Crippen molar-refractivity contribution >= 4 is 6.29 Å². The Balaban J connectivity index is 4.62. The average molecular weight is 156 g/mol. The lowest BCUT2D eigenvalue weighted by Gasteiger charge is -1.97. The third-order valence-electron chi connectivity index (χ3n) is 1.06. The first-order valence-corrected chi connectivity index (χ1v) is 3.13. The second-order valence-electron chi connectivity index (χ2n) is 2.12. The summed E-state index contributed by atoms with van der Waals surface area (Å²) in [6, 6.07) is 0. The van der Waals surface area contributed by atoms with Crippen molar-refractivity contribution in [2.24, 2.45) is 11.5 Å². The number of carbonyl (C=O) groups excluding carboxylic acids is 1. The van der Waals surface area contributed by atoms with Gasteiger partial charge in [-0.25, -0.2) is 0 Å². The highest BCUT2D eigenvalue weighted by molar-refractivity contribution is 5.75. The van der Waals surface area contributed by atoms with Crippen LogP contribution in [0.3, 0.4) is 0 Å². The van der Waals surface area contributed by atoms with E-state index in [1.807, 2.05) is 0 Å². The SMILES string of the molecule is C/C(N)=C/C(O)=C(\C=O)CN. The molecule has 0 atom stereocenters. The summed E-state index contributed by atoms with van der Waals surface area (Å²) in [7, 11) is 0. The number of aldehydes is 1. The quantitative estimate of drug-likeness (QED) is 0.229. The second kappa shape index (κ2) is 4.51. The van der Waals surface area contributed by atoms with Gasteiger partial charge in [-0.1, -0.05) is 0 Å². The van der Waals surface area contributed by atoms with Crippen molar-refractivity contribution in [3.8, 4) is 0 Å². The molecule has 0 aliphatic carbocycles. The first kappa shape index (κ1) is 9.71. The van der Waals surface area contributed by atoms with Crippen molar-refractivity contribution in [3.05, 3.63) is 23.1 Å². The maximum Gasteiger partial charge on any atom is 0.151 e. The molecular formula is C7H12N2O2. The number of rotatable bonds is 3. The summed E-state index contributed by atoms with van der Waals surface area (Å²) in [5.41, 5.74) is 11.0. The Labute approximate surface area is 65.2 Å². The highest BCUT2D eigenvalue weighted by Crippen LogP contribution is 1.99. The second-order valence-corrected chi connectivity index (χ2v) is 2.12. The Morgan fingerprint density at radius 3 is 2.45 bits per heavy atom. The van der Waals surface area contributed by atoms with Crippen molar-refractivity contribution in [3.63, 3.8) is 0 Å². The monoisotopic (exact) mass is 156 g/mol. The molecule has 11 heavy (non-hydrogen) atoms. The van der Waals surface area contributed by atoms with Crippen molar-refractivity contribution < 1.29 is 9.90 Å². The largest absolute Gasteiger partial charge is 0.507 e. The standard InChI is InChI=1S/C7H12N2O2/c1-5(9)2-7(11)6(3-8)4-10/h2,4,11H,3,8-9H2,1H3/b5-2-,7-6+. The molecular weight excluding hydrogens is 144 g/mol. The molecule has 4 nitrogen and oxygen atoms in total. The van der Waals surface area contributed by atoms with Crippen LogP contribution in [-0.2, 0) is 4.79 Å². The number of nitrogens with two attached hydrogens (primary N) is 2. The van der Waals surface area contributed by atoms with Gasteiger partial charge in [0.1, 0.15) is 5.76 Å². The third kappa shape index (κ3) is 3.42. The molecule has 0 aromatic heterocycles. The van der Waals surface area contributed by atoms with Crippen LogP contribution < -0.4 is 11.5 Å². The maximum atomic E-state index is 10.2. The molecule has 0 bridgehead atoms. The summed E-state index contributed by atoms with van der Waals surface area (Å²) >= 11 is 0. The summed E-state index contributed by atoms with van der Waals surface area (Å²) in [6.07, 6.45) is 1.80. The zero-order valence-electron chi connectivity index (χ0n) is 6.37. The molecule has 0 saturated heterocycles. The van der Waals surface area contributed by atoms with Gasteiger partial charge in [0.2, 0.25) is 0 Å². The Morgan fingerprint density at radius 2 is 2.18 bits per heavy atom. The normalized spacial score (nSPS) is 14.2. The Hall–Kier alpha value is -1.29. The van der Waals surface area contributed by atoms with Gasteiger partial charge >= 0.3 is 0 Å². The fraction of sp³-hybridized carbons (Fsp3) is 0.286. The first-order valence-electron chi connectivity index (χ1n) is 3.13. The Kier molecular flexibility index (Phi) is 3.98. The van der Waals surface area contributed by atoms with E-state index >= 15 is 0 Å². The van der Waals surface area contributed by atoms with Gasteiger partial charge in [-0.2, -0.15) is 0 Å². The van der Waals surface area contributed by atoms with E-state index in [0.29, 0.717) is 12.0 Å². The van der Waals surface area contributed by atoms with E-state index in [9.17, 15) is 4.79 Å². The van der Waals surface area contributed by atoms with Gasteiger partial charge in [-0.3, -0.25) is 4.79 Å². The minimum atomic E-state index is -0.164. The van der Waals surface area contributed by atoms with Crippen molar-refractivity contribution in [1.82, 2.24) is 0 Å². The predicted molar refractivity (Wildman–Crippen MR) is 42.7 cm³/mol. The van der Waals surface area contributed by atoms with Crippen LogP contribution in [0.2, 0.25) is 0 Å². The van der Waals surface area contributed by atoms with Gasteiger partial charge in [0.25, 0.3) is 0 Å². The van der Waals surface area contributed by atoms with E-state index in [-0.39, 0.29) is 17.9 Å². The average Bonchev–Trinajstić information content (AvgIpc) is 1.88. The molecule has 0 radical (unpaired) electrons. The zero-order valence-corrected chi connectivity index (χ0v) is 6.37. The lowest BCUT2D eigenvalue weighted by Crippen LogP contribution is -2.07. The van der Waals surface area contributed by atoms with Crippen LogP contribution in [0.1, 0.15) is 6.92 Å². The van der Waals surface area contributed by atoms with E-state index < -0.39 is 0 Å². The fourth-order valence-electron chi connectivity index (χ4n) is 0.521. The molecule has 4 heteroatoms. The number of hydrogen-bond donors (Lipinski definition) is 3. The van der Waals surface area contributed by atoms with E-state index in [1.54, 1.807) is 6.92 Å². The Morgan fingerprint density at radius 1 is 1.64 bits per heavy atom. The first-order chi connectivity index (χ1) is 5.11. The summed E-state index contributed by atoms with van der Waals surface area (Å²) in [5.74, 6) is -0.164. The zero-order chi connectivity index (χ0) is 8.85. The van der Waals surface area contributed by atoms with Crippen molar-refractivity contribution in [2.45, 2.75) is 6.92 Å². The molecule has 0 aromatic rings. The summed E-state index contributed by atoms with van der Waals surface area (Å²) in [5, 5.41) is 9.09. The fourth-order valence-corrected chi connectivity index (χ4v) is 0.521. The van der Waals surface area contributed by atoms with Crippen LogP contribution in [0.15, 0.2) is 23.1 Å². The van der Waals surface area contributed by atoms with Crippen molar-refractivity contribution in [1.29, 1.82) is 0 Å². The maximum absolute atomic E-state index is 10.2. The molecule has 5 N–H and O–H groups in total. The molecule has 62 valence electrons. The van der Waals surface area contributed by atoms with Gasteiger partial charge in [0.05, 0.1) is 0 Å². The smallest absolute Gasteiger partial charge is 0.151 e. The molecule has 0 aliphatic rings. The molecule has 0 aliphatic heterocycles. The van der Waals surface area contributed by atoms with Gasteiger partial charge in [-0.15, -0.1) is 0 Å². The molecule has 0 aromatic carbocycles. The van der Waals surface area contributed by atoms with E-state index in [1.165, 1.54) is 6.08 Å². The summed E-state index contributed by atoms with van der Waals surface area (Å²) in [4.78, 5) is 10.2. The van der Waals surface area contributed by atoms with Gasteiger partial charge in [0.15, 0.2) is 6.29 Å². The highest BCUT2D eigenvalue weighted by atomic mass is 16.3. The van der Waals surface area contributed by atoms with Crippen LogP contribution in [0.5, 0.6) is 0 Å². The van der Waals surface area contributed by atoms with E-state index in [4.69, 9.17) is 16.6 Å². The van der Waals surface area contributed by atoms with Gasteiger partial charge in [-0.05, 0) is 13.0 Å². The van der Waals surface area contributed by atoms with E-state index in [0.717, 1.165) is 0 Å². The number of carbonyl (C=O) groups is 1. The van der Waals surface area contributed by atoms with Crippen LogP contribution >= 0.6 is 0 Å². The third-order valence-corrected chi connectivity index (χ3v) is 1.06. The molecule has 0 saturated carbocycles. The van der Waals surface area contributed by atoms with E-state index in [2.05, 4.69) is 0 Å². The number of hydrogen-bond acceptors (Lipinski definition) is 4. The summed E-state index contributed by atoms with van der Waals surface area (Å²) in [6.45, 7) is 1.62. The number of aliphatic hydroxyl groups is 1. The van der Waals surface area contributed by atoms with Crippen LogP contribution in [-0.4, -0.2) is 17.9 Å². The molecule has 0 unspecified atom stereocenters. The number of aliphatic hydroxyl groups excluding tert-OH is 1. The van der Waals surface area contributed by atoms with Gasteiger partial charge in [0, 0.05) is 17.8 Å². The van der Waals surface area contributed by atoms with Gasteiger partial charge < -0.3 is 16.6 Å². The summed E-state index contributed by atoms with van der Waals surface area (Å²) < 4.78 is 0. The predicted octanol–water partition coefficient (Wildman–Crippen LogP) is -0.181. The molecule has 0 rings (SSSR count). The van der Waals surface area contributed by atoms with Crippen LogP contribution in [0.25, 0.3) is 0 Å². The molecule has 0 amide bonds. The number of allylic oxidation sites excluding steroid dienone is 2. The molecule has 0 fully saturated rings. The topological polar surface area (TPSA) is 89.3 Å². The minimum Gasteiger partial charge on any atom is -0.507 e. The van der Waals surface area contributed by atoms with Crippen LogP contribution in [0.4, 0.5) is 0 Å². The molecule has 0 spiro atoms.